The highest BCUT2D eigenvalue weighted by Gasteiger charge is 2.20. The monoisotopic (exact) mass is 362 g/mol. The average molecular weight is 363 g/mol. The Morgan fingerprint density at radius 1 is 1.15 bits per heavy atom. The molecule has 20 heavy (non-hydrogen) atoms. The molecule has 0 amide bonds. The summed E-state index contributed by atoms with van der Waals surface area (Å²) in [6.45, 7) is 0. The van der Waals surface area contributed by atoms with Gasteiger partial charge in [-0.3, -0.25) is 4.72 Å². The van der Waals surface area contributed by atoms with Crippen LogP contribution in [0.25, 0.3) is 0 Å². The molecule has 0 spiro atoms. The number of rotatable bonds is 3. The summed E-state index contributed by atoms with van der Waals surface area (Å²) in [5.74, 6) is -1.45. The lowest BCUT2D eigenvalue weighted by atomic mass is 10.3. The molecule has 2 aromatic carbocycles. The van der Waals surface area contributed by atoms with E-state index in [-0.39, 0.29) is 5.69 Å². The smallest absolute Gasteiger partial charge is 0.264 e. The van der Waals surface area contributed by atoms with Crippen LogP contribution in [0.15, 0.2) is 45.8 Å². The summed E-state index contributed by atoms with van der Waals surface area (Å²) in [5.41, 5.74) is 4.91. The van der Waals surface area contributed by atoms with Crippen LogP contribution in [-0.4, -0.2) is 8.42 Å². The number of nitrogens with two attached hydrogens (primary N) is 1. The predicted octanol–water partition coefficient (Wildman–Crippen LogP) is 3.11. The molecule has 2 aromatic rings. The third kappa shape index (κ3) is 2.91. The van der Waals surface area contributed by atoms with Crippen molar-refractivity contribution >= 4 is 37.3 Å². The number of anilines is 2. The van der Waals surface area contributed by atoms with Crippen molar-refractivity contribution < 1.29 is 17.2 Å². The molecule has 0 fully saturated rings. The maximum absolute atomic E-state index is 13.3. The van der Waals surface area contributed by atoms with Gasteiger partial charge in [0, 0.05) is 4.47 Å². The number of benzene rings is 2. The molecule has 0 aliphatic carbocycles. The van der Waals surface area contributed by atoms with E-state index in [2.05, 4.69) is 20.7 Å². The van der Waals surface area contributed by atoms with Crippen LogP contribution in [-0.2, 0) is 10.0 Å². The Labute approximate surface area is 122 Å². The van der Waals surface area contributed by atoms with Crippen LogP contribution < -0.4 is 10.5 Å². The fraction of sp³-hybridized carbons (Fsp3) is 0. The molecule has 0 saturated heterocycles. The van der Waals surface area contributed by atoms with Crippen LogP contribution in [0.3, 0.4) is 0 Å². The minimum absolute atomic E-state index is 0.00587. The summed E-state index contributed by atoms with van der Waals surface area (Å²) < 4.78 is 53.2. The van der Waals surface area contributed by atoms with Crippen LogP contribution in [0.5, 0.6) is 0 Å². The van der Waals surface area contributed by atoms with Gasteiger partial charge in [0.2, 0.25) is 0 Å². The fourth-order valence-corrected chi connectivity index (χ4v) is 3.22. The molecule has 0 atom stereocenters. The summed E-state index contributed by atoms with van der Waals surface area (Å²) in [4.78, 5) is -0.409. The summed E-state index contributed by atoms with van der Waals surface area (Å²) in [5, 5.41) is 0. The van der Waals surface area contributed by atoms with E-state index >= 15 is 0 Å². The maximum Gasteiger partial charge on any atom is 0.264 e. The third-order valence-electron chi connectivity index (χ3n) is 2.48. The van der Waals surface area contributed by atoms with Gasteiger partial charge in [0.1, 0.15) is 16.5 Å². The molecule has 0 unspecified atom stereocenters. The van der Waals surface area contributed by atoms with Gasteiger partial charge >= 0.3 is 0 Å². The molecule has 0 saturated carbocycles. The molecular formula is C12H9BrF2N2O2S. The Kier molecular flexibility index (Phi) is 3.96. The molecule has 8 heteroatoms. The van der Waals surface area contributed by atoms with Gasteiger partial charge in [0.15, 0.2) is 0 Å². The van der Waals surface area contributed by atoms with E-state index in [1.807, 2.05) is 0 Å². The Hall–Kier alpha value is -1.67. The molecular weight excluding hydrogens is 354 g/mol. The molecule has 0 aliphatic heterocycles. The molecule has 3 N–H and O–H groups in total. The molecule has 0 aliphatic rings. The number of hydrogen-bond donors (Lipinski definition) is 2. The fourth-order valence-electron chi connectivity index (χ4n) is 1.53. The summed E-state index contributed by atoms with van der Waals surface area (Å²) in [7, 11) is -4.12. The Morgan fingerprint density at radius 3 is 2.55 bits per heavy atom. The van der Waals surface area contributed by atoms with E-state index in [1.54, 1.807) is 0 Å². The number of halogens is 3. The quantitative estimate of drug-likeness (QED) is 0.824. The molecule has 0 bridgehead atoms. The maximum atomic E-state index is 13.3. The summed E-state index contributed by atoms with van der Waals surface area (Å²) in [6.07, 6.45) is 0. The largest absolute Gasteiger partial charge is 0.395 e. The van der Waals surface area contributed by atoms with Crippen molar-refractivity contribution in [3.63, 3.8) is 0 Å². The van der Waals surface area contributed by atoms with Crippen molar-refractivity contribution in [3.05, 3.63) is 52.5 Å². The molecule has 4 nitrogen and oxygen atoms in total. The van der Waals surface area contributed by atoms with E-state index in [0.717, 1.165) is 18.2 Å². The first kappa shape index (κ1) is 14.7. The molecule has 0 aromatic heterocycles. The van der Waals surface area contributed by atoms with Crippen molar-refractivity contribution in [2.24, 2.45) is 0 Å². The Bertz CT molecular complexity index is 766. The second kappa shape index (κ2) is 5.37. The molecule has 2 rings (SSSR count). The minimum atomic E-state index is -4.12. The normalized spacial score (nSPS) is 11.3. The molecule has 106 valence electrons. The number of hydrogen-bond acceptors (Lipinski definition) is 3. The average Bonchev–Trinajstić information content (AvgIpc) is 2.36. The van der Waals surface area contributed by atoms with Crippen molar-refractivity contribution in [1.82, 2.24) is 0 Å². The van der Waals surface area contributed by atoms with Crippen molar-refractivity contribution in [3.8, 4) is 0 Å². The zero-order valence-corrected chi connectivity index (χ0v) is 12.3. The Balaban J connectivity index is 2.46. The zero-order chi connectivity index (χ0) is 14.9. The Morgan fingerprint density at radius 2 is 1.85 bits per heavy atom. The topological polar surface area (TPSA) is 72.2 Å². The van der Waals surface area contributed by atoms with Gasteiger partial charge in [-0.15, -0.1) is 0 Å². The van der Waals surface area contributed by atoms with E-state index < -0.39 is 32.2 Å². The highest BCUT2D eigenvalue weighted by atomic mass is 79.9. The lowest BCUT2D eigenvalue weighted by molar-refractivity contribution is 0.597. The van der Waals surface area contributed by atoms with Crippen molar-refractivity contribution in [2.75, 3.05) is 10.5 Å². The van der Waals surface area contributed by atoms with Gasteiger partial charge in [-0.05, 0) is 46.3 Å². The first-order valence-electron chi connectivity index (χ1n) is 5.33. The van der Waals surface area contributed by atoms with Crippen molar-refractivity contribution in [1.29, 1.82) is 0 Å². The first-order chi connectivity index (χ1) is 9.31. The number of sulfonamides is 1. The molecule has 0 radical (unpaired) electrons. The van der Waals surface area contributed by atoms with Gasteiger partial charge in [-0.25, -0.2) is 17.2 Å². The van der Waals surface area contributed by atoms with Crippen LogP contribution >= 0.6 is 15.9 Å². The number of nitrogens with one attached hydrogen (secondary N) is 1. The number of para-hydroxylation sites is 1. The highest BCUT2D eigenvalue weighted by Crippen LogP contribution is 2.28. The van der Waals surface area contributed by atoms with Crippen LogP contribution in [0, 0.1) is 11.6 Å². The van der Waals surface area contributed by atoms with Gasteiger partial charge < -0.3 is 5.73 Å². The minimum Gasteiger partial charge on any atom is -0.395 e. The van der Waals surface area contributed by atoms with Gasteiger partial charge in [-0.2, -0.15) is 0 Å². The second-order valence-corrected chi connectivity index (χ2v) is 6.39. The van der Waals surface area contributed by atoms with Crippen molar-refractivity contribution in [2.45, 2.75) is 4.90 Å². The number of nitrogen functional groups attached to an aromatic ring is 1. The zero-order valence-electron chi connectivity index (χ0n) is 9.90. The molecule has 0 heterocycles. The van der Waals surface area contributed by atoms with Crippen LogP contribution in [0.4, 0.5) is 20.2 Å². The van der Waals surface area contributed by atoms with Gasteiger partial charge in [0.05, 0.1) is 11.4 Å². The van der Waals surface area contributed by atoms with Crippen LogP contribution in [0.1, 0.15) is 0 Å². The van der Waals surface area contributed by atoms with Gasteiger partial charge in [-0.1, -0.05) is 6.07 Å². The van der Waals surface area contributed by atoms with Crippen LogP contribution in [0.2, 0.25) is 0 Å². The lowest BCUT2D eigenvalue weighted by Gasteiger charge is -2.11. The van der Waals surface area contributed by atoms with E-state index in [4.69, 9.17) is 5.73 Å². The van der Waals surface area contributed by atoms with E-state index in [0.29, 0.717) is 4.47 Å². The second-order valence-electron chi connectivity index (χ2n) is 3.88. The van der Waals surface area contributed by atoms with E-state index in [1.165, 1.54) is 18.2 Å². The lowest BCUT2D eigenvalue weighted by Crippen LogP contribution is -2.16. The predicted molar refractivity (Wildman–Crippen MR) is 75.7 cm³/mol. The standard InChI is InChI=1S/C12H9BrF2N2O2S/c13-8-5-4-7(14)6-10(8)17-20(18,19)11-3-1-2-9(15)12(11)16/h1-6,17H,16H2. The summed E-state index contributed by atoms with van der Waals surface area (Å²) >= 11 is 3.09. The summed E-state index contributed by atoms with van der Waals surface area (Å²) in [6, 6.07) is 6.94. The SMILES string of the molecule is Nc1c(F)cccc1S(=O)(=O)Nc1cc(F)ccc1Br. The van der Waals surface area contributed by atoms with Gasteiger partial charge in [0.25, 0.3) is 10.0 Å². The first-order valence-corrected chi connectivity index (χ1v) is 7.61. The van der Waals surface area contributed by atoms with E-state index in [9.17, 15) is 17.2 Å². The highest BCUT2D eigenvalue weighted by molar-refractivity contribution is 9.10. The third-order valence-corrected chi connectivity index (χ3v) is 4.59.